The second-order valence-corrected chi connectivity index (χ2v) is 4.03. The summed E-state index contributed by atoms with van der Waals surface area (Å²) in [6.07, 6.45) is -1.34. The molecule has 0 saturated carbocycles. The van der Waals surface area contributed by atoms with Gasteiger partial charge in [0.05, 0.1) is 4.47 Å². The lowest BCUT2D eigenvalue weighted by Gasteiger charge is -1.90. The van der Waals surface area contributed by atoms with Crippen LogP contribution < -0.4 is 4.74 Å². The molecule has 60 valence electrons. The Kier molecular flexibility index (Phi) is 2.75. The van der Waals surface area contributed by atoms with Crippen LogP contribution in [0.1, 0.15) is 0 Å². The van der Waals surface area contributed by atoms with E-state index in [-0.39, 0.29) is 5.06 Å². The molecule has 0 atom stereocenters. The molecule has 1 heterocycles. The number of thiophene rings is 1. The molecule has 1 N–H and O–H groups in total. The molecule has 6 heteroatoms. The maximum atomic E-state index is 10.0. The van der Waals surface area contributed by atoms with Crippen molar-refractivity contribution in [3.05, 3.63) is 14.9 Å². The highest BCUT2D eigenvalue weighted by molar-refractivity contribution is 9.10. The summed E-state index contributed by atoms with van der Waals surface area (Å²) in [5.74, 6) is 0. The second-order valence-electron chi connectivity index (χ2n) is 1.56. The van der Waals surface area contributed by atoms with Crippen LogP contribution in [-0.2, 0) is 0 Å². The zero-order chi connectivity index (χ0) is 8.43. The van der Waals surface area contributed by atoms with Gasteiger partial charge in [-0.15, -0.1) is 0 Å². The first-order valence-electron chi connectivity index (χ1n) is 2.45. The summed E-state index contributed by atoms with van der Waals surface area (Å²) in [5, 5.41) is 8.45. The van der Waals surface area contributed by atoms with Crippen LogP contribution >= 0.6 is 38.9 Å². The Hall–Kier alpha value is -0.260. The molecule has 1 aromatic rings. The third-order valence-corrected chi connectivity index (χ3v) is 3.16. The van der Waals surface area contributed by atoms with Gasteiger partial charge in [0, 0.05) is 6.07 Å². The highest BCUT2D eigenvalue weighted by atomic mass is 79.9. The van der Waals surface area contributed by atoms with Crippen molar-refractivity contribution in [1.29, 1.82) is 0 Å². The fraction of sp³-hybridized carbons (Fsp3) is 0. The van der Waals surface area contributed by atoms with E-state index in [1.54, 1.807) is 0 Å². The minimum absolute atomic E-state index is 0.259. The van der Waals surface area contributed by atoms with Gasteiger partial charge < -0.3 is 9.84 Å². The standard InChI is InChI=1S/C5H2BrClO3S/c6-2-1-3(10-5(8)9)11-4(2)7/h1H,(H,8,9). The quantitative estimate of drug-likeness (QED) is 0.786. The lowest BCUT2D eigenvalue weighted by atomic mass is 10.6. The molecule has 0 radical (unpaired) electrons. The van der Waals surface area contributed by atoms with Crippen LogP contribution in [0.5, 0.6) is 5.06 Å². The SMILES string of the molecule is O=C(O)Oc1cc(Br)c(Cl)s1. The molecule has 3 nitrogen and oxygen atoms in total. The molecule has 0 aliphatic heterocycles. The summed E-state index contributed by atoms with van der Waals surface area (Å²) >= 11 is 9.78. The van der Waals surface area contributed by atoms with Gasteiger partial charge in [-0.05, 0) is 15.9 Å². The number of ether oxygens (including phenoxy) is 1. The van der Waals surface area contributed by atoms with Crippen LogP contribution in [0, 0.1) is 0 Å². The molecule has 0 aliphatic carbocycles. The zero-order valence-electron chi connectivity index (χ0n) is 5.01. The number of hydrogen-bond acceptors (Lipinski definition) is 3. The lowest BCUT2D eigenvalue weighted by molar-refractivity contribution is 0.146. The van der Waals surface area contributed by atoms with Gasteiger partial charge in [-0.2, -0.15) is 0 Å². The van der Waals surface area contributed by atoms with E-state index in [9.17, 15) is 4.79 Å². The molecular weight excluding hydrogens is 255 g/mol. The fourth-order valence-corrected chi connectivity index (χ4v) is 1.97. The number of hydrogen-bond donors (Lipinski definition) is 1. The Balaban J connectivity index is 2.81. The van der Waals surface area contributed by atoms with Gasteiger partial charge >= 0.3 is 6.16 Å². The Morgan fingerprint density at radius 1 is 1.82 bits per heavy atom. The third-order valence-electron chi connectivity index (χ3n) is 0.810. The molecule has 0 spiro atoms. The predicted octanol–water partition coefficient (Wildman–Crippen LogP) is 3.22. The molecular formula is C5H2BrClO3S. The van der Waals surface area contributed by atoms with E-state index >= 15 is 0 Å². The van der Waals surface area contributed by atoms with Gasteiger partial charge in [0.2, 0.25) is 0 Å². The minimum atomic E-state index is -1.34. The molecule has 0 amide bonds. The molecule has 0 unspecified atom stereocenters. The molecule has 0 aromatic carbocycles. The summed E-state index contributed by atoms with van der Waals surface area (Å²) in [4.78, 5) is 10.0. The van der Waals surface area contributed by atoms with Gasteiger partial charge in [-0.25, -0.2) is 4.79 Å². The largest absolute Gasteiger partial charge is 0.512 e. The van der Waals surface area contributed by atoms with Gasteiger partial charge in [0.1, 0.15) is 4.34 Å². The van der Waals surface area contributed by atoms with Crippen LogP contribution in [0.25, 0.3) is 0 Å². The van der Waals surface area contributed by atoms with Crippen molar-refractivity contribution >= 4 is 45.0 Å². The van der Waals surface area contributed by atoms with Gasteiger partial charge in [-0.3, -0.25) is 0 Å². The van der Waals surface area contributed by atoms with Crippen LogP contribution in [0.4, 0.5) is 4.79 Å². The summed E-state index contributed by atoms with van der Waals surface area (Å²) in [7, 11) is 0. The minimum Gasteiger partial charge on any atom is -0.449 e. The van der Waals surface area contributed by atoms with E-state index in [4.69, 9.17) is 16.7 Å². The van der Waals surface area contributed by atoms with Crippen LogP contribution in [0.3, 0.4) is 0 Å². The topological polar surface area (TPSA) is 46.5 Å². The highest BCUT2D eigenvalue weighted by Crippen LogP contribution is 2.36. The van der Waals surface area contributed by atoms with E-state index in [1.807, 2.05) is 0 Å². The maximum Gasteiger partial charge on any atom is 0.512 e. The average Bonchev–Trinajstić information content (AvgIpc) is 2.10. The summed E-state index contributed by atoms with van der Waals surface area (Å²) < 4.78 is 5.45. The Labute approximate surface area is 79.7 Å². The van der Waals surface area contributed by atoms with Crippen LogP contribution in [0.2, 0.25) is 4.34 Å². The Morgan fingerprint density at radius 2 is 2.45 bits per heavy atom. The first kappa shape index (κ1) is 8.83. The first-order valence-corrected chi connectivity index (χ1v) is 4.44. The predicted molar refractivity (Wildman–Crippen MR) is 45.7 cm³/mol. The van der Waals surface area contributed by atoms with Crippen LogP contribution in [0.15, 0.2) is 10.5 Å². The van der Waals surface area contributed by atoms with E-state index in [2.05, 4.69) is 20.7 Å². The van der Waals surface area contributed by atoms with Gasteiger partial charge in [0.25, 0.3) is 0 Å². The molecule has 0 saturated heterocycles. The third kappa shape index (κ3) is 2.36. The average molecular weight is 257 g/mol. The number of halogens is 2. The Bertz CT molecular complexity index is 266. The van der Waals surface area contributed by atoms with E-state index in [0.29, 0.717) is 8.81 Å². The van der Waals surface area contributed by atoms with E-state index < -0.39 is 6.16 Å². The summed E-state index contributed by atoms with van der Waals surface area (Å²) in [6, 6.07) is 1.50. The van der Waals surface area contributed by atoms with Crippen molar-refractivity contribution in [3.63, 3.8) is 0 Å². The number of rotatable bonds is 1. The molecule has 1 rings (SSSR count). The number of carbonyl (C=O) groups is 1. The smallest absolute Gasteiger partial charge is 0.449 e. The molecule has 1 aromatic heterocycles. The van der Waals surface area contributed by atoms with Crippen molar-refractivity contribution in [2.24, 2.45) is 0 Å². The van der Waals surface area contributed by atoms with Gasteiger partial charge in [-0.1, -0.05) is 22.9 Å². The van der Waals surface area contributed by atoms with Crippen LogP contribution in [-0.4, -0.2) is 11.3 Å². The van der Waals surface area contributed by atoms with Crippen molar-refractivity contribution in [2.75, 3.05) is 0 Å². The summed E-state index contributed by atoms with van der Waals surface area (Å²) in [6.45, 7) is 0. The van der Waals surface area contributed by atoms with Gasteiger partial charge in [0.15, 0.2) is 5.06 Å². The van der Waals surface area contributed by atoms with Crippen molar-refractivity contribution in [2.45, 2.75) is 0 Å². The number of carboxylic acid groups (broad SMARTS) is 1. The highest BCUT2D eigenvalue weighted by Gasteiger charge is 2.07. The first-order chi connectivity index (χ1) is 5.09. The molecule has 0 fully saturated rings. The Morgan fingerprint density at radius 3 is 2.82 bits per heavy atom. The molecule has 0 aliphatic rings. The monoisotopic (exact) mass is 256 g/mol. The van der Waals surface area contributed by atoms with Crippen molar-refractivity contribution < 1.29 is 14.6 Å². The normalized spacial score (nSPS) is 9.64. The van der Waals surface area contributed by atoms with Crippen molar-refractivity contribution in [1.82, 2.24) is 0 Å². The van der Waals surface area contributed by atoms with Crippen molar-refractivity contribution in [3.8, 4) is 5.06 Å². The van der Waals surface area contributed by atoms with E-state index in [1.165, 1.54) is 6.07 Å². The maximum absolute atomic E-state index is 10.0. The van der Waals surface area contributed by atoms with E-state index in [0.717, 1.165) is 11.3 Å². The fourth-order valence-electron chi connectivity index (χ4n) is 0.463. The molecule has 11 heavy (non-hydrogen) atoms. The molecule has 0 bridgehead atoms. The lowest BCUT2D eigenvalue weighted by Crippen LogP contribution is -2.00. The zero-order valence-corrected chi connectivity index (χ0v) is 8.16. The second kappa shape index (κ2) is 3.42. The summed E-state index contributed by atoms with van der Waals surface area (Å²) in [5.41, 5.74) is 0.